The Morgan fingerprint density at radius 3 is 1.64 bits per heavy atom. The number of likely N-dealkylation sites (N-methyl/N-ethyl adjacent to an activating group) is 1. The fraction of sp³-hybridized carbons (Fsp3) is 0.344. The summed E-state index contributed by atoms with van der Waals surface area (Å²) in [6.45, 7) is 5.37. The molecule has 336 valence electrons. The van der Waals surface area contributed by atoms with Crippen LogP contribution in [0.25, 0.3) is 5.65 Å². The number of aryl methyl sites for hydroxylation is 1. The summed E-state index contributed by atoms with van der Waals surface area (Å²) in [5.41, 5.74) is 3.86. The second kappa shape index (κ2) is 22.1. The highest BCUT2D eigenvalue weighted by Gasteiger charge is 2.40. The number of rotatable bonds is 5. The zero-order valence-corrected chi connectivity index (χ0v) is 30.7. The molecule has 0 aliphatic carbocycles. The molecule has 0 aromatic carbocycles. The molecule has 5 heterocycles. The number of carboxylic acids is 4. The number of anilines is 1. The molecular formula is C32H30F12N8O9. The maximum Gasteiger partial charge on any atom is 0.490 e. The lowest BCUT2D eigenvalue weighted by Crippen LogP contribution is -2.46. The van der Waals surface area contributed by atoms with Crippen LogP contribution in [0.2, 0.25) is 0 Å². The summed E-state index contributed by atoms with van der Waals surface area (Å²) in [5.74, 6) is -10.4. The van der Waals surface area contributed by atoms with Crippen LogP contribution in [0.15, 0.2) is 61.1 Å². The molecule has 1 unspecified atom stereocenters. The van der Waals surface area contributed by atoms with Gasteiger partial charge in [0, 0.05) is 44.3 Å². The van der Waals surface area contributed by atoms with Crippen molar-refractivity contribution in [3.63, 3.8) is 0 Å². The molecule has 0 spiro atoms. The number of carboxylic acid groups (broad SMARTS) is 4. The lowest BCUT2D eigenvalue weighted by molar-refractivity contribution is -0.193. The van der Waals surface area contributed by atoms with Crippen molar-refractivity contribution in [3.8, 4) is 0 Å². The zero-order valence-electron chi connectivity index (χ0n) is 30.7. The van der Waals surface area contributed by atoms with E-state index in [1.807, 2.05) is 60.1 Å². The average molecular weight is 899 g/mol. The van der Waals surface area contributed by atoms with Crippen molar-refractivity contribution in [1.82, 2.24) is 34.4 Å². The molecule has 61 heavy (non-hydrogen) atoms. The number of pyridine rings is 3. The SMILES string of the molecule is Cc1ccc(NC(=O)c2ccc3nnc(C4CN(Cc5ccccn5)CCN4C)n3c2)cn1.O=C(O)C(F)(F)F.O=C(O)C(F)(F)F.O=C(O)C(F)(F)F.O=C(O)C(F)(F)F. The minimum atomic E-state index is -5.08. The normalized spacial score (nSPS) is 14.6. The highest BCUT2D eigenvalue weighted by atomic mass is 19.4. The summed E-state index contributed by atoms with van der Waals surface area (Å²) in [5, 5.41) is 40.2. The van der Waals surface area contributed by atoms with Crippen molar-refractivity contribution in [2.75, 3.05) is 32.0 Å². The molecule has 1 atom stereocenters. The number of carbonyl (C=O) groups excluding carboxylic acids is 1. The van der Waals surface area contributed by atoms with Crippen molar-refractivity contribution in [1.29, 1.82) is 0 Å². The van der Waals surface area contributed by atoms with E-state index in [0.29, 0.717) is 16.9 Å². The number of nitrogens with zero attached hydrogens (tertiary/aromatic N) is 7. The quantitative estimate of drug-likeness (QED) is 0.164. The van der Waals surface area contributed by atoms with Crippen molar-refractivity contribution in [3.05, 3.63) is 83.8 Å². The molecule has 1 aliphatic rings. The molecule has 29 heteroatoms. The van der Waals surface area contributed by atoms with E-state index in [1.54, 1.807) is 12.3 Å². The number of hydrogen-bond donors (Lipinski definition) is 5. The molecule has 1 saturated heterocycles. The second-order valence-corrected chi connectivity index (χ2v) is 11.6. The number of nitrogens with one attached hydrogen (secondary N) is 1. The summed E-state index contributed by atoms with van der Waals surface area (Å²) < 4.78 is 129. The molecule has 4 aromatic heterocycles. The summed E-state index contributed by atoms with van der Waals surface area (Å²) in [6, 6.07) is 13.4. The van der Waals surface area contributed by atoms with Crippen LogP contribution in [0.4, 0.5) is 58.4 Å². The summed E-state index contributed by atoms with van der Waals surface area (Å²) in [6.07, 6.45) is -15.0. The maximum absolute atomic E-state index is 12.9. The Bertz CT molecular complexity index is 1980. The molecule has 0 saturated carbocycles. The van der Waals surface area contributed by atoms with Crippen LogP contribution in [-0.4, -0.2) is 136 Å². The number of halogens is 12. The molecule has 1 fully saturated rings. The monoisotopic (exact) mass is 898 g/mol. The number of fused-ring (bicyclic) bond motifs is 1. The Balaban J connectivity index is 0.000000539. The van der Waals surface area contributed by atoms with Crippen LogP contribution in [0.5, 0.6) is 0 Å². The highest BCUT2D eigenvalue weighted by Crippen LogP contribution is 2.25. The van der Waals surface area contributed by atoms with Crippen molar-refractivity contribution in [2.45, 2.75) is 44.2 Å². The summed E-state index contributed by atoms with van der Waals surface area (Å²) in [4.78, 5) is 61.8. The average Bonchev–Trinajstić information content (AvgIpc) is 3.56. The third-order valence-electron chi connectivity index (χ3n) is 6.97. The van der Waals surface area contributed by atoms with Gasteiger partial charge in [-0.05, 0) is 50.4 Å². The topological polar surface area (TPSA) is 241 Å². The third kappa shape index (κ3) is 18.9. The molecule has 4 aromatic rings. The minimum Gasteiger partial charge on any atom is -0.475 e. The van der Waals surface area contributed by atoms with Gasteiger partial charge in [-0.2, -0.15) is 52.7 Å². The first-order chi connectivity index (χ1) is 27.8. The van der Waals surface area contributed by atoms with Gasteiger partial charge >= 0.3 is 48.6 Å². The van der Waals surface area contributed by atoms with Crippen LogP contribution in [0, 0.1) is 6.92 Å². The smallest absolute Gasteiger partial charge is 0.475 e. The summed E-state index contributed by atoms with van der Waals surface area (Å²) in [7, 11) is 2.10. The molecule has 5 rings (SSSR count). The number of hydrogen-bond acceptors (Lipinski definition) is 11. The molecule has 0 radical (unpaired) electrons. The maximum atomic E-state index is 12.9. The van der Waals surface area contributed by atoms with E-state index in [0.717, 1.165) is 43.4 Å². The third-order valence-corrected chi connectivity index (χ3v) is 6.97. The van der Waals surface area contributed by atoms with Gasteiger partial charge in [-0.15, -0.1) is 10.2 Å². The first-order valence-electron chi connectivity index (χ1n) is 16.0. The van der Waals surface area contributed by atoms with Crippen molar-refractivity contribution >= 4 is 41.1 Å². The minimum absolute atomic E-state index is 0.0528. The zero-order chi connectivity index (χ0) is 47.1. The van der Waals surface area contributed by atoms with Crippen LogP contribution >= 0.6 is 0 Å². The van der Waals surface area contributed by atoms with Gasteiger partial charge in [-0.1, -0.05) is 6.07 Å². The first-order valence-corrected chi connectivity index (χ1v) is 16.0. The number of aliphatic carboxylic acids is 4. The Kier molecular flexibility index (Phi) is 19.0. The van der Waals surface area contributed by atoms with Gasteiger partial charge in [0.05, 0.1) is 29.2 Å². The molecule has 5 N–H and O–H groups in total. The predicted octanol–water partition coefficient (Wildman–Crippen LogP) is 5.10. The molecular weight excluding hydrogens is 868 g/mol. The van der Waals surface area contributed by atoms with Gasteiger partial charge in [0.2, 0.25) is 0 Å². The van der Waals surface area contributed by atoms with Gasteiger partial charge in [-0.3, -0.25) is 29.0 Å². The van der Waals surface area contributed by atoms with Crippen LogP contribution in [-0.2, 0) is 25.7 Å². The van der Waals surface area contributed by atoms with Crippen molar-refractivity contribution < 1.29 is 97.1 Å². The van der Waals surface area contributed by atoms with Gasteiger partial charge in [0.1, 0.15) is 0 Å². The van der Waals surface area contributed by atoms with E-state index in [1.165, 1.54) is 0 Å². The molecule has 1 aliphatic heterocycles. The lowest BCUT2D eigenvalue weighted by atomic mass is 10.1. The Hall–Kier alpha value is -6.65. The van der Waals surface area contributed by atoms with Crippen LogP contribution in [0.1, 0.15) is 33.6 Å². The molecule has 0 bridgehead atoms. The second-order valence-electron chi connectivity index (χ2n) is 11.6. The Labute approximate surface area is 332 Å². The lowest BCUT2D eigenvalue weighted by Gasteiger charge is -2.38. The van der Waals surface area contributed by atoms with Gasteiger partial charge in [-0.25, -0.2) is 19.2 Å². The summed E-state index contributed by atoms with van der Waals surface area (Å²) >= 11 is 0. The standard InChI is InChI=1S/C24H26N8O.4C2HF3O2/c1-17-6-8-19(13-26-17)27-24(33)18-7-9-22-28-29-23(32(22)14-18)21-16-31(12-11-30(21)2)15-20-5-3-4-10-25-20;4*3-2(4,5)1(6)7/h3-10,13-14,21H,11-12,15-16H2,1-2H3,(H,27,33);4*(H,6,7). The van der Waals surface area contributed by atoms with Crippen LogP contribution in [0.3, 0.4) is 0 Å². The van der Waals surface area contributed by atoms with Gasteiger partial charge < -0.3 is 25.7 Å². The van der Waals surface area contributed by atoms with Gasteiger partial charge in [0.25, 0.3) is 5.91 Å². The van der Waals surface area contributed by atoms with E-state index in [9.17, 15) is 57.5 Å². The molecule has 1 amide bonds. The number of piperazine rings is 1. The highest BCUT2D eigenvalue weighted by molar-refractivity contribution is 6.04. The Morgan fingerprint density at radius 1 is 0.705 bits per heavy atom. The Morgan fingerprint density at radius 2 is 1.21 bits per heavy atom. The van der Waals surface area contributed by atoms with Crippen molar-refractivity contribution in [2.24, 2.45) is 0 Å². The van der Waals surface area contributed by atoms with Gasteiger partial charge in [0.15, 0.2) is 11.5 Å². The number of amides is 1. The van der Waals surface area contributed by atoms with E-state index >= 15 is 0 Å². The van der Waals surface area contributed by atoms with E-state index in [2.05, 4.69) is 42.3 Å². The van der Waals surface area contributed by atoms with E-state index in [4.69, 9.17) is 39.6 Å². The fourth-order valence-corrected chi connectivity index (χ4v) is 4.09. The molecule has 17 nitrogen and oxygen atoms in total. The van der Waals surface area contributed by atoms with Crippen LogP contribution < -0.4 is 5.32 Å². The fourth-order valence-electron chi connectivity index (χ4n) is 4.09. The largest absolute Gasteiger partial charge is 0.490 e. The van der Waals surface area contributed by atoms with E-state index < -0.39 is 48.6 Å². The number of aromatic nitrogens is 5. The predicted molar refractivity (Wildman–Crippen MR) is 180 cm³/mol. The number of alkyl halides is 12. The van der Waals surface area contributed by atoms with E-state index in [-0.39, 0.29) is 11.9 Å². The number of carbonyl (C=O) groups is 5. The first kappa shape index (κ1) is 52.4.